The summed E-state index contributed by atoms with van der Waals surface area (Å²) in [7, 11) is 1.46. The van der Waals surface area contributed by atoms with Gasteiger partial charge in [-0.1, -0.05) is 11.6 Å². The Morgan fingerprint density at radius 2 is 2.06 bits per heavy atom. The zero-order valence-electron chi connectivity index (χ0n) is 9.98. The van der Waals surface area contributed by atoms with Gasteiger partial charge in [-0.15, -0.1) is 0 Å². The maximum Gasteiger partial charge on any atom is 0.325 e. The minimum atomic E-state index is -1.08. The van der Waals surface area contributed by atoms with Crippen molar-refractivity contribution < 1.29 is 19.4 Å². The largest absolute Gasteiger partial charge is 0.496 e. The standard InChI is InChI=1S/C12H15NO4/c1-7-4-5-10(17-3)9(6-7)11(14)13-8(2)12(15)16/h4-6,8H,1-3H3,(H,13,14)(H,15,16)/t8-/m1/s1. The van der Waals surface area contributed by atoms with Gasteiger partial charge in [-0.3, -0.25) is 9.59 Å². The molecule has 0 saturated heterocycles. The van der Waals surface area contributed by atoms with Crippen LogP contribution < -0.4 is 10.1 Å². The first kappa shape index (κ1) is 13.0. The van der Waals surface area contributed by atoms with E-state index in [0.717, 1.165) is 5.56 Å². The summed E-state index contributed by atoms with van der Waals surface area (Å²) in [5.74, 6) is -1.11. The maximum absolute atomic E-state index is 11.8. The molecule has 0 radical (unpaired) electrons. The fourth-order valence-corrected chi connectivity index (χ4v) is 1.34. The van der Waals surface area contributed by atoms with E-state index in [1.165, 1.54) is 14.0 Å². The van der Waals surface area contributed by atoms with Gasteiger partial charge in [-0.25, -0.2) is 0 Å². The van der Waals surface area contributed by atoms with Gasteiger partial charge < -0.3 is 15.2 Å². The van der Waals surface area contributed by atoms with Crippen LogP contribution in [0.1, 0.15) is 22.8 Å². The maximum atomic E-state index is 11.8. The van der Waals surface area contributed by atoms with Crippen LogP contribution in [0.2, 0.25) is 0 Å². The van der Waals surface area contributed by atoms with E-state index in [1.807, 2.05) is 13.0 Å². The van der Waals surface area contributed by atoms with Crippen LogP contribution in [0.3, 0.4) is 0 Å². The van der Waals surface area contributed by atoms with E-state index < -0.39 is 17.9 Å². The number of rotatable bonds is 4. The lowest BCUT2D eigenvalue weighted by atomic mass is 10.1. The molecule has 2 N–H and O–H groups in total. The number of amides is 1. The summed E-state index contributed by atoms with van der Waals surface area (Å²) in [4.78, 5) is 22.5. The van der Waals surface area contributed by atoms with Crippen LogP contribution in [0.15, 0.2) is 18.2 Å². The van der Waals surface area contributed by atoms with Crippen molar-refractivity contribution in [2.45, 2.75) is 19.9 Å². The normalized spacial score (nSPS) is 11.7. The molecule has 1 aromatic carbocycles. The number of nitrogens with one attached hydrogen (secondary N) is 1. The Balaban J connectivity index is 2.95. The Kier molecular flexibility index (Phi) is 4.09. The molecule has 1 amide bonds. The van der Waals surface area contributed by atoms with Gasteiger partial charge in [0.2, 0.25) is 0 Å². The minimum Gasteiger partial charge on any atom is -0.496 e. The van der Waals surface area contributed by atoms with Crippen molar-refractivity contribution >= 4 is 11.9 Å². The van der Waals surface area contributed by atoms with E-state index in [9.17, 15) is 9.59 Å². The molecule has 0 fully saturated rings. The highest BCUT2D eigenvalue weighted by molar-refractivity contribution is 5.99. The number of carbonyl (C=O) groups is 2. The van der Waals surface area contributed by atoms with Gasteiger partial charge in [-0.05, 0) is 26.0 Å². The fourth-order valence-electron chi connectivity index (χ4n) is 1.34. The highest BCUT2D eigenvalue weighted by atomic mass is 16.5. The summed E-state index contributed by atoms with van der Waals surface area (Å²) in [5, 5.41) is 11.1. The van der Waals surface area contributed by atoms with Gasteiger partial charge >= 0.3 is 5.97 Å². The van der Waals surface area contributed by atoms with Crippen molar-refractivity contribution in [3.8, 4) is 5.75 Å². The Morgan fingerprint density at radius 3 is 2.59 bits per heavy atom. The van der Waals surface area contributed by atoms with Crippen LogP contribution in [0.5, 0.6) is 5.75 Å². The molecule has 5 heteroatoms. The smallest absolute Gasteiger partial charge is 0.325 e. The number of aliphatic carboxylic acids is 1. The van der Waals surface area contributed by atoms with Gasteiger partial charge in [0.25, 0.3) is 5.91 Å². The third-order valence-electron chi connectivity index (χ3n) is 2.32. The number of benzene rings is 1. The molecule has 0 aliphatic carbocycles. The lowest BCUT2D eigenvalue weighted by Crippen LogP contribution is -2.38. The zero-order chi connectivity index (χ0) is 13.0. The fraction of sp³-hybridized carbons (Fsp3) is 0.333. The highest BCUT2D eigenvalue weighted by Crippen LogP contribution is 2.19. The molecule has 5 nitrogen and oxygen atoms in total. The Labute approximate surface area is 99.4 Å². The first-order chi connectivity index (χ1) is 7.95. The van der Waals surface area contributed by atoms with Gasteiger partial charge in [-0.2, -0.15) is 0 Å². The SMILES string of the molecule is COc1ccc(C)cc1C(=O)N[C@H](C)C(=O)O. The number of hydrogen-bond acceptors (Lipinski definition) is 3. The number of hydrogen-bond donors (Lipinski definition) is 2. The monoisotopic (exact) mass is 237 g/mol. The molecule has 0 aliphatic heterocycles. The Morgan fingerprint density at radius 1 is 1.41 bits per heavy atom. The van der Waals surface area contributed by atoms with E-state index in [0.29, 0.717) is 11.3 Å². The number of ether oxygens (including phenoxy) is 1. The molecule has 0 bridgehead atoms. The van der Waals surface area contributed by atoms with Crippen LogP contribution in [0.4, 0.5) is 0 Å². The van der Waals surface area contributed by atoms with Crippen molar-refractivity contribution in [2.75, 3.05) is 7.11 Å². The summed E-state index contributed by atoms with van der Waals surface area (Å²) >= 11 is 0. The van der Waals surface area contributed by atoms with Crippen molar-refractivity contribution in [1.29, 1.82) is 0 Å². The second kappa shape index (κ2) is 5.34. The summed E-state index contributed by atoms with van der Waals surface area (Å²) in [5.41, 5.74) is 1.24. The third-order valence-corrected chi connectivity index (χ3v) is 2.32. The van der Waals surface area contributed by atoms with Crippen molar-refractivity contribution in [1.82, 2.24) is 5.32 Å². The van der Waals surface area contributed by atoms with Gasteiger partial charge in [0.15, 0.2) is 0 Å². The molecule has 0 aromatic heterocycles. The van der Waals surface area contributed by atoms with E-state index in [1.54, 1.807) is 12.1 Å². The first-order valence-corrected chi connectivity index (χ1v) is 5.14. The van der Waals surface area contributed by atoms with Gasteiger partial charge in [0.05, 0.1) is 12.7 Å². The molecule has 0 spiro atoms. The lowest BCUT2D eigenvalue weighted by molar-refractivity contribution is -0.138. The second-order valence-corrected chi connectivity index (χ2v) is 3.74. The average Bonchev–Trinajstić information content (AvgIpc) is 2.28. The quantitative estimate of drug-likeness (QED) is 0.825. The number of carbonyl (C=O) groups excluding carboxylic acids is 1. The Hall–Kier alpha value is -2.04. The molecular weight excluding hydrogens is 222 g/mol. The summed E-state index contributed by atoms with van der Waals surface area (Å²) in [6, 6.07) is 4.21. The van der Waals surface area contributed by atoms with Crippen LogP contribution >= 0.6 is 0 Å². The topological polar surface area (TPSA) is 75.6 Å². The van der Waals surface area contributed by atoms with Gasteiger partial charge in [0.1, 0.15) is 11.8 Å². The molecule has 92 valence electrons. The molecule has 0 aliphatic rings. The predicted molar refractivity (Wildman–Crippen MR) is 62.3 cm³/mol. The van der Waals surface area contributed by atoms with E-state index in [2.05, 4.69) is 5.32 Å². The third kappa shape index (κ3) is 3.21. The summed E-state index contributed by atoms with van der Waals surface area (Å²) in [6.07, 6.45) is 0. The number of methoxy groups -OCH3 is 1. The van der Waals surface area contributed by atoms with Crippen LogP contribution in [-0.2, 0) is 4.79 Å². The molecule has 0 heterocycles. The Bertz CT molecular complexity index is 442. The van der Waals surface area contributed by atoms with Crippen LogP contribution in [0.25, 0.3) is 0 Å². The van der Waals surface area contributed by atoms with E-state index >= 15 is 0 Å². The number of aryl methyl sites for hydroxylation is 1. The first-order valence-electron chi connectivity index (χ1n) is 5.14. The number of carboxylic acid groups (broad SMARTS) is 1. The van der Waals surface area contributed by atoms with Gasteiger partial charge in [0, 0.05) is 0 Å². The molecule has 0 saturated carbocycles. The number of carboxylic acids is 1. The molecule has 17 heavy (non-hydrogen) atoms. The van der Waals surface area contributed by atoms with Crippen molar-refractivity contribution in [3.05, 3.63) is 29.3 Å². The van der Waals surface area contributed by atoms with Crippen LogP contribution in [-0.4, -0.2) is 30.1 Å². The minimum absolute atomic E-state index is 0.334. The zero-order valence-corrected chi connectivity index (χ0v) is 9.98. The van der Waals surface area contributed by atoms with E-state index in [-0.39, 0.29) is 0 Å². The molecular formula is C12H15NO4. The molecule has 1 rings (SSSR count). The average molecular weight is 237 g/mol. The van der Waals surface area contributed by atoms with Crippen molar-refractivity contribution in [3.63, 3.8) is 0 Å². The molecule has 1 aromatic rings. The predicted octanol–water partition coefficient (Wildman–Crippen LogP) is 1.21. The molecule has 1 atom stereocenters. The highest BCUT2D eigenvalue weighted by Gasteiger charge is 2.18. The summed E-state index contributed by atoms with van der Waals surface area (Å²) < 4.78 is 5.06. The lowest BCUT2D eigenvalue weighted by Gasteiger charge is -2.12. The van der Waals surface area contributed by atoms with E-state index in [4.69, 9.17) is 9.84 Å². The van der Waals surface area contributed by atoms with Crippen LogP contribution in [0, 0.1) is 6.92 Å². The summed E-state index contributed by atoms with van der Waals surface area (Å²) in [6.45, 7) is 3.25. The molecule has 0 unspecified atom stereocenters. The van der Waals surface area contributed by atoms with Crippen molar-refractivity contribution in [2.24, 2.45) is 0 Å². The second-order valence-electron chi connectivity index (χ2n) is 3.74.